The molecule has 2 rings (SSSR count). The Morgan fingerprint density at radius 3 is 2.31 bits per heavy atom. The van der Waals surface area contributed by atoms with E-state index in [4.69, 9.17) is 32.8 Å². The van der Waals surface area contributed by atoms with Crippen molar-refractivity contribution < 1.29 is 14.4 Å². The fourth-order valence-corrected chi connectivity index (χ4v) is 1.73. The first-order chi connectivity index (χ1) is 7.56. The summed E-state index contributed by atoms with van der Waals surface area (Å²) in [6.45, 7) is 0. The predicted molar refractivity (Wildman–Crippen MR) is 58.9 cm³/mol. The molecule has 0 aliphatic heterocycles. The third-order valence-corrected chi connectivity index (χ3v) is 2.31. The topological polar surface area (TPSA) is 63.3 Å². The predicted octanol–water partition coefficient (Wildman–Crippen LogP) is 3.35. The SMILES string of the molecule is O=C(O)c1cc(-c2cc(Cl)cc(Cl)c2)on1. The highest BCUT2D eigenvalue weighted by molar-refractivity contribution is 6.35. The molecular weight excluding hydrogens is 253 g/mol. The molecule has 0 aliphatic carbocycles. The quantitative estimate of drug-likeness (QED) is 0.897. The monoisotopic (exact) mass is 257 g/mol. The van der Waals surface area contributed by atoms with Gasteiger partial charge in [0.2, 0.25) is 0 Å². The Morgan fingerprint density at radius 2 is 1.81 bits per heavy atom. The van der Waals surface area contributed by atoms with Crippen molar-refractivity contribution in [3.05, 3.63) is 40.0 Å². The van der Waals surface area contributed by atoms with Crippen LogP contribution in [0.2, 0.25) is 10.0 Å². The Hall–Kier alpha value is -1.52. The van der Waals surface area contributed by atoms with Gasteiger partial charge < -0.3 is 9.63 Å². The van der Waals surface area contributed by atoms with Crippen LogP contribution in [0.15, 0.2) is 28.8 Å². The second-order valence-corrected chi connectivity index (χ2v) is 3.91. The number of hydrogen-bond acceptors (Lipinski definition) is 3. The number of aromatic carboxylic acids is 1. The minimum absolute atomic E-state index is 0.161. The summed E-state index contributed by atoms with van der Waals surface area (Å²) in [5.41, 5.74) is 0.420. The lowest BCUT2D eigenvalue weighted by atomic mass is 10.1. The van der Waals surface area contributed by atoms with Crippen molar-refractivity contribution in [3.8, 4) is 11.3 Å². The van der Waals surface area contributed by atoms with Crippen LogP contribution in [-0.4, -0.2) is 16.2 Å². The summed E-state index contributed by atoms with van der Waals surface area (Å²) < 4.78 is 4.87. The van der Waals surface area contributed by atoms with Gasteiger partial charge in [-0.05, 0) is 18.2 Å². The number of hydrogen-bond donors (Lipinski definition) is 1. The highest BCUT2D eigenvalue weighted by Gasteiger charge is 2.12. The van der Waals surface area contributed by atoms with Crippen molar-refractivity contribution >= 4 is 29.2 Å². The van der Waals surface area contributed by atoms with Crippen LogP contribution >= 0.6 is 23.2 Å². The van der Waals surface area contributed by atoms with Crippen LogP contribution in [0.4, 0.5) is 0 Å². The average Bonchev–Trinajstić information content (AvgIpc) is 2.64. The molecule has 6 heteroatoms. The maximum absolute atomic E-state index is 10.6. The number of aromatic nitrogens is 1. The molecule has 0 fully saturated rings. The number of benzene rings is 1. The number of halogens is 2. The zero-order valence-electron chi connectivity index (χ0n) is 7.78. The molecule has 0 aliphatic rings. The highest BCUT2D eigenvalue weighted by Crippen LogP contribution is 2.27. The fraction of sp³-hybridized carbons (Fsp3) is 0. The second-order valence-electron chi connectivity index (χ2n) is 3.04. The smallest absolute Gasteiger partial charge is 0.358 e. The molecule has 1 aromatic heterocycles. The van der Waals surface area contributed by atoms with Gasteiger partial charge >= 0.3 is 5.97 Å². The maximum Gasteiger partial charge on any atom is 0.358 e. The number of rotatable bonds is 2. The first kappa shape index (κ1) is 11.0. The fourth-order valence-electron chi connectivity index (χ4n) is 1.21. The molecule has 0 bridgehead atoms. The van der Waals surface area contributed by atoms with E-state index in [0.717, 1.165) is 0 Å². The summed E-state index contributed by atoms with van der Waals surface area (Å²) in [5.74, 6) is -0.843. The second kappa shape index (κ2) is 4.15. The van der Waals surface area contributed by atoms with Crippen molar-refractivity contribution in [2.45, 2.75) is 0 Å². The van der Waals surface area contributed by atoms with E-state index in [1.54, 1.807) is 18.2 Å². The van der Waals surface area contributed by atoms with Crippen LogP contribution in [-0.2, 0) is 0 Å². The molecule has 0 radical (unpaired) electrons. The molecule has 1 N–H and O–H groups in total. The van der Waals surface area contributed by atoms with E-state index in [1.165, 1.54) is 6.07 Å². The van der Waals surface area contributed by atoms with E-state index >= 15 is 0 Å². The molecule has 1 heterocycles. The third-order valence-electron chi connectivity index (χ3n) is 1.88. The van der Waals surface area contributed by atoms with E-state index in [2.05, 4.69) is 5.16 Å². The summed E-state index contributed by atoms with van der Waals surface area (Å²) in [7, 11) is 0. The molecule has 0 spiro atoms. The van der Waals surface area contributed by atoms with Crippen molar-refractivity contribution in [2.24, 2.45) is 0 Å². The van der Waals surface area contributed by atoms with Crippen LogP contribution in [0.5, 0.6) is 0 Å². The number of carboxylic acid groups (broad SMARTS) is 1. The zero-order chi connectivity index (χ0) is 11.7. The number of carbonyl (C=O) groups is 1. The van der Waals surface area contributed by atoms with Crippen molar-refractivity contribution in [3.63, 3.8) is 0 Å². The Labute approximate surface area is 100 Å². The summed E-state index contributed by atoms with van der Waals surface area (Å²) in [5, 5.41) is 13.0. The highest BCUT2D eigenvalue weighted by atomic mass is 35.5. The van der Waals surface area contributed by atoms with Gasteiger partial charge in [0.05, 0.1) is 0 Å². The first-order valence-corrected chi connectivity index (χ1v) is 4.98. The molecule has 0 unspecified atom stereocenters. The van der Waals surface area contributed by atoms with Gasteiger partial charge in [-0.1, -0.05) is 28.4 Å². The Bertz CT molecular complexity index is 530. The zero-order valence-corrected chi connectivity index (χ0v) is 9.29. The molecule has 0 saturated carbocycles. The van der Waals surface area contributed by atoms with Crippen LogP contribution in [0, 0.1) is 0 Å². The van der Waals surface area contributed by atoms with Gasteiger partial charge in [-0.25, -0.2) is 4.79 Å². The molecule has 16 heavy (non-hydrogen) atoms. The number of carboxylic acids is 1. The molecule has 0 saturated heterocycles. The van der Waals surface area contributed by atoms with E-state index in [0.29, 0.717) is 21.4 Å². The van der Waals surface area contributed by atoms with E-state index in [9.17, 15) is 4.79 Å². The van der Waals surface area contributed by atoms with Crippen LogP contribution < -0.4 is 0 Å². The van der Waals surface area contributed by atoms with Gasteiger partial charge in [0.1, 0.15) is 0 Å². The molecule has 4 nitrogen and oxygen atoms in total. The molecule has 0 atom stereocenters. The Balaban J connectivity index is 2.46. The van der Waals surface area contributed by atoms with Crippen LogP contribution in [0.1, 0.15) is 10.5 Å². The lowest BCUT2D eigenvalue weighted by Gasteiger charge is -1.97. The summed E-state index contributed by atoms with van der Waals surface area (Å²) in [4.78, 5) is 10.6. The van der Waals surface area contributed by atoms with Crippen LogP contribution in [0.25, 0.3) is 11.3 Å². The normalized spacial score (nSPS) is 10.4. The summed E-state index contributed by atoms with van der Waals surface area (Å²) in [6, 6.07) is 6.10. The van der Waals surface area contributed by atoms with Gasteiger partial charge in [0.15, 0.2) is 11.5 Å². The minimum Gasteiger partial charge on any atom is -0.476 e. The first-order valence-electron chi connectivity index (χ1n) is 4.23. The van der Waals surface area contributed by atoms with Gasteiger partial charge in [-0.15, -0.1) is 0 Å². The Kier molecular flexibility index (Phi) is 2.85. The van der Waals surface area contributed by atoms with Gasteiger partial charge in [-0.2, -0.15) is 0 Å². The van der Waals surface area contributed by atoms with Crippen molar-refractivity contribution in [1.82, 2.24) is 5.16 Å². The van der Waals surface area contributed by atoms with Gasteiger partial charge in [0, 0.05) is 21.7 Å². The lowest BCUT2D eigenvalue weighted by Crippen LogP contribution is -1.94. The minimum atomic E-state index is -1.15. The molecule has 82 valence electrons. The average molecular weight is 258 g/mol. The maximum atomic E-state index is 10.6. The summed E-state index contributed by atoms with van der Waals surface area (Å²) in [6.07, 6.45) is 0. The lowest BCUT2D eigenvalue weighted by molar-refractivity contribution is 0.0686. The standard InChI is InChI=1S/C10H5Cl2NO3/c11-6-1-5(2-7(12)3-6)9-4-8(10(14)15)13-16-9/h1-4H,(H,14,15). The molecule has 0 amide bonds. The van der Waals surface area contributed by atoms with E-state index in [1.807, 2.05) is 0 Å². The van der Waals surface area contributed by atoms with E-state index < -0.39 is 5.97 Å². The van der Waals surface area contributed by atoms with Gasteiger partial charge in [0.25, 0.3) is 0 Å². The van der Waals surface area contributed by atoms with Gasteiger partial charge in [-0.3, -0.25) is 0 Å². The largest absolute Gasteiger partial charge is 0.476 e. The van der Waals surface area contributed by atoms with Crippen molar-refractivity contribution in [1.29, 1.82) is 0 Å². The summed E-state index contributed by atoms with van der Waals surface area (Å²) >= 11 is 11.6. The van der Waals surface area contributed by atoms with Crippen molar-refractivity contribution in [2.75, 3.05) is 0 Å². The van der Waals surface area contributed by atoms with E-state index in [-0.39, 0.29) is 5.69 Å². The Morgan fingerprint density at radius 1 is 1.19 bits per heavy atom. The third kappa shape index (κ3) is 2.18. The molecule has 2 aromatic rings. The molecule has 1 aromatic carbocycles. The number of nitrogens with zero attached hydrogens (tertiary/aromatic N) is 1. The van der Waals surface area contributed by atoms with Crippen LogP contribution in [0.3, 0.4) is 0 Å². The molecular formula is C10H5Cl2NO3.